The van der Waals surface area contributed by atoms with Crippen molar-refractivity contribution in [1.82, 2.24) is 24.8 Å². The molecule has 0 radical (unpaired) electrons. The Hall–Kier alpha value is -1.88. The number of tetrazole rings is 1. The third-order valence-electron chi connectivity index (χ3n) is 3.04. The number of aromatic nitrogens is 5. The van der Waals surface area contributed by atoms with E-state index in [1.807, 2.05) is 0 Å². The summed E-state index contributed by atoms with van der Waals surface area (Å²) in [4.78, 5) is 11.9. The Morgan fingerprint density at radius 1 is 1.32 bits per heavy atom. The molecular weight excluding hydrogens is 258 g/mol. The lowest BCUT2D eigenvalue weighted by molar-refractivity contribution is -0.0643. The van der Waals surface area contributed by atoms with Gasteiger partial charge in [-0.25, -0.2) is 0 Å². The smallest absolute Gasteiger partial charge is 0.269 e. The van der Waals surface area contributed by atoms with Crippen LogP contribution in [-0.2, 0) is 4.74 Å². The second kappa shape index (κ2) is 4.35. The number of fused-ring (bicyclic) bond motifs is 1. The SMILES string of the molecule is O=c1ccc2nnnn2n1[C@@H]1O[C@H](CO)[C@@H](O)[C@H]1O. The van der Waals surface area contributed by atoms with Crippen LogP contribution in [0.1, 0.15) is 6.23 Å². The van der Waals surface area contributed by atoms with E-state index in [0.29, 0.717) is 0 Å². The molecule has 0 amide bonds. The second-order valence-electron chi connectivity index (χ2n) is 4.17. The quantitative estimate of drug-likeness (QED) is 0.521. The highest BCUT2D eigenvalue weighted by molar-refractivity contribution is 5.31. The van der Waals surface area contributed by atoms with Crippen LogP contribution in [0.15, 0.2) is 16.9 Å². The Morgan fingerprint density at radius 3 is 2.79 bits per heavy atom. The van der Waals surface area contributed by atoms with Crippen LogP contribution in [0.2, 0.25) is 0 Å². The molecule has 2 aromatic heterocycles. The molecule has 102 valence electrons. The Kier molecular flexibility index (Phi) is 2.78. The van der Waals surface area contributed by atoms with Crippen molar-refractivity contribution in [2.24, 2.45) is 0 Å². The zero-order valence-electron chi connectivity index (χ0n) is 9.57. The van der Waals surface area contributed by atoms with Crippen LogP contribution in [0, 0.1) is 0 Å². The monoisotopic (exact) mass is 269 g/mol. The minimum atomic E-state index is -1.37. The number of rotatable bonds is 2. The fraction of sp³-hybridized carbons (Fsp3) is 0.556. The first-order valence-corrected chi connectivity index (χ1v) is 5.56. The summed E-state index contributed by atoms with van der Waals surface area (Å²) in [5.74, 6) is 0. The predicted octanol–water partition coefficient (Wildman–Crippen LogP) is -3.10. The number of aliphatic hydroxyl groups is 3. The van der Waals surface area contributed by atoms with Crippen molar-refractivity contribution in [2.45, 2.75) is 24.5 Å². The van der Waals surface area contributed by atoms with Crippen molar-refractivity contribution < 1.29 is 20.1 Å². The summed E-state index contributed by atoms with van der Waals surface area (Å²) in [5, 5.41) is 39.3. The molecule has 0 aliphatic carbocycles. The molecule has 0 aromatic carbocycles. The highest BCUT2D eigenvalue weighted by Gasteiger charge is 2.44. The Labute approximate surface area is 105 Å². The number of hydrogen-bond donors (Lipinski definition) is 3. The summed E-state index contributed by atoms with van der Waals surface area (Å²) < 4.78 is 7.33. The lowest BCUT2D eigenvalue weighted by atomic mass is 10.1. The van der Waals surface area contributed by atoms with Gasteiger partial charge in [0.2, 0.25) is 0 Å². The van der Waals surface area contributed by atoms with E-state index < -0.39 is 36.7 Å². The molecular formula is C9H11N5O5. The average Bonchev–Trinajstić information content (AvgIpc) is 2.97. The van der Waals surface area contributed by atoms with Gasteiger partial charge in [-0.1, -0.05) is 0 Å². The zero-order valence-corrected chi connectivity index (χ0v) is 9.57. The van der Waals surface area contributed by atoms with E-state index in [9.17, 15) is 15.0 Å². The van der Waals surface area contributed by atoms with Gasteiger partial charge in [-0.15, -0.1) is 9.73 Å². The van der Waals surface area contributed by atoms with Crippen molar-refractivity contribution in [1.29, 1.82) is 0 Å². The van der Waals surface area contributed by atoms with E-state index in [1.54, 1.807) is 0 Å². The molecule has 19 heavy (non-hydrogen) atoms. The molecule has 3 rings (SSSR count). The maximum absolute atomic E-state index is 11.9. The Bertz CT molecular complexity index is 654. The molecule has 4 atom stereocenters. The number of ether oxygens (including phenoxy) is 1. The van der Waals surface area contributed by atoms with E-state index >= 15 is 0 Å². The number of hydrogen-bond acceptors (Lipinski definition) is 8. The van der Waals surface area contributed by atoms with Gasteiger partial charge in [0.05, 0.1) is 6.61 Å². The van der Waals surface area contributed by atoms with E-state index in [2.05, 4.69) is 15.5 Å². The average molecular weight is 269 g/mol. The van der Waals surface area contributed by atoms with Crippen LogP contribution in [0.25, 0.3) is 5.65 Å². The first-order chi connectivity index (χ1) is 9.13. The van der Waals surface area contributed by atoms with Gasteiger partial charge in [-0.05, 0) is 16.5 Å². The van der Waals surface area contributed by atoms with Gasteiger partial charge < -0.3 is 20.1 Å². The lowest BCUT2D eigenvalue weighted by Gasteiger charge is -2.17. The largest absolute Gasteiger partial charge is 0.394 e. The van der Waals surface area contributed by atoms with Gasteiger partial charge >= 0.3 is 0 Å². The fourth-order valence-electron chi connectivity index (χ4n) is 2.07. The molecule has 10 heteroatoms. The third kappa shape index (κ3) is 1.73. The molecule has 1 fully saturated rings. The topological polar surface area (TPSA) is 135 Å². The molecule has 1 saturated heterocycles. The molecule has 2 aromatic rings. The van der Waals surface area contributed by atoms with Gasteiger partial charge in [0.15, 0.2) is 11.9 Å². The van der Waals surface area contributed by atoms with Crippen LogP contribution in [0.3, 0.4) is 0 Å². The molecule has 0 saturated carbocycles. The summed E-state index contributed by atoms with van der Waals surface area (Å²) in [5.41, 5.74) is -0.216. The molecule has 10 nitrogen and oxygen atoms in total. The molecule has 0 spiro atoms. The number of nitrogens with zero attached hydrogens (tertiary/aromatic N) is 5. The maximum atomic E-state index is 11.9. The Balaban J connectivity index is 2.12. The first kappa shape index (κ1) is 12.2. The summed E-state index contributed by atoms with van der Waals surface area (Å²) in [6, 6.07) is 2.64. The molecule has 3 heterocycles. The van der Waals surface area contributed by atoms with Crippen LogP contribution in [0.4, 0.5) is 0 Å². The summed E-state index contributed by atoms with van der Waals surface area (Å²) in [7, 11) is 0. The minimum absolute atomic E-state index is 0.289. The summed E-state index contributed by atoms with van der Waals surface area (Å²) in [6.45, 7) is -0.477. The van der Waals surface area contributed by atoms with Crippen LogP contribution >= 0.6 is 0 Å². The van der Waals surface area contributed by atoms with Gasteiger partial charge in [0, 0.05) is 6.07 Å². The van der Waals surface area contributed by atoms with E-state index in [-0.39, 0.29) is 5.65 Å². The van der Waals surface area contributed by atoms with Crippen molar-refractivity contribution in [2.75, 3.05) is 6.61 Å². The van der Waals surface area contributed by atoms with Crippen LogP contribution in [-0.4, -0.2) is 65.1 Å². The molecule has 1 aliphatic rings. The summed E-state index contributed by atoms with van der Waals surface area (Å²) >= 11 is 0. The third-order valence-corrected chi connectivity index (χ3v) is 3.04. The fourth-order valence-corrected chi connectivity index (χ4v) is 2.07. The number of aliphatic hydroxyl groups excluding tert-OH is 3. The first-order valence-electron chi connectivity index (χ1n) is 5.56. The zero-order chi connectivity index (χ0) is 13.6. The van der Waals surface area contributed by atoms with E-state index in [0.717, 1.165) is 9.31 Å². The van der Waals surface area contributed by atoms with Gasteiger partial charge in [0.25, 0.3) is 5.56 Å². The highest BCUT2D eigenvalue weighted by atomic mass is 16.6. The highest BCUT2D eigenvalue weighted by Crippen LogP contribution is 2.27. The van der Waals surface area contributed by atoms with E-state index in [1.165, 1.54) is 12.1 Å². The standard InChI is InChI=1S/C9H11N5O5/c15-3-4-7(17)8(18)9(19-4)13-6(16)2-1-5-10-11-12-14(5)13/h1-2,4,7-9,15,17-18H,3H2/t4-,7-,8-,9-/m1/s1. The predicted molar refractivity (Wildman–Crippen MR) is 58.1 cm³/mol. The second-order valence-corrected chi connectivity index (χ2v) is 4.17. The van der Waals surface area contributed by atoms with Gasteiger partial charge in [-0.3, -0.25) is 4.79 Å². The molecule has 0 unspecified atom stereocenters. The van der Waals surface area contributed by atoms with Crippen molar-refractivity contribution >= 4 is 5.65 Å². The van der Waals surface area contributed by atoms with Gasteiger partial charge in [-0.2, -0.15) is 4.68 Å². The Morgan fingerprint density at radius 2 is 2.11 bits per heavy atom. The van der Waals surface area contributed by atoms with Crippen molar-refractivity contribution in [3.63, 3.8) is 0 Å². The van der Waals surface area contributed by atoms with Crippen molar-refractivity contribution in [3.05, 3.63) is 22.5 Å². The normalized spacial score (nSPS) is 31.1. The van der Waals surface area contributed by atoms with Gasteiger partial charge in [0.1, 0.15) is 18.3 Å². The maximum Gasteiger partial charge on any atom is 0.269 e. The molecule has 1 aliphatic heterocycles. The van der Waals surface area contributed by atoms with Crippen molar-refractivity contribution in [3.8, 4) is 0 Å². The summed E-state index contributed by atoms with van der Waals surface area (Å²) in [6.07, 6.45) is -4.82. The molecule has 0 bridgehead atoms. The van der Waals surface area contributed by atoms with E-state index in [4.69, 9.17) is 9.84 Å². The minimum Gasteiger partial charge on any atom is -0.394 e. The molecule has 3 N–H and O–H groups in total. The van der Waals surface area contributed by atoms with Crippen LogP contribution < -0.4 is 5.56 Å². The van der Waals surface area contributed by atoms with Crippen LogP contribution in [0.5, 0.6) is 0 Å². The lowest BCUT2D eigenvalue weighted by Crippen LogP contribution is -2.37.